The zero-order valence-electron chi connectivity index (χ0n) is 12.8. The third-order valence-electron chi connectivity index (χ3n) is 5.09. The molecule has 120 valence electrons. The second-order valence-corrected chi connectivity index (χ2v) is 7.07. The first kappa shape index (κ1) is 15.6. The van der Waals surface area contributed by atoms with E-state index < -0.39 is 0 Å². The molecule has 1 saturated heterocycles. The summed E-state index contributed by atoms with van der Waals surface area (Å²) in [7, 11) is 0. The molecule has 0 radical (unpaired) electrons. The summed E-state index contributed by atoms with van der Waals surface area (Å²) >= 11 is 6.04. The van der Waals surface area contributed by atoms with Gasteiger partial charge < -0.3 is 14.7 Å². The van der Waals surface area contributed by atoms with Crippen LogP contribution in [0.15, 0.2) is 24.3 Å². The van der Waals surface area contributed by atoms with Gasteiger partial charge in [0.1, 0.15) is 5.75 Å². The zero-order chi connectivity index (χ0) is 15.7. The highest BCUT2D eigenvalue weighted by Gasteiger charge is 2.48. The Kier molecular flexibility index (Phi) is 4.33. The van der Waals surface area contributed by atoms with Gasteiger partial charge in [-0.2, -0.15) is 0 Å². The van der Waals surface area contributed by atoms with E-state index >= 15 is 0 Å². The van der Waals surface area contributed by atoms with Gasteiger partial charge in [0.15, 0.2) is 6.61 Å². The van der Waals surface area contributed by atoms with Gasteiger partial charge in [0.05, 0.1) is 11.1 Å². The number of para-hydroxylation sites is 1. The summed E-state index contributed by atoms with van der Waals surface area (Å²) in [6.45, 7) is 2.94. The molecule has 0 unspecified atom stereocenters. The first-order valence-corrected chi connectivity index (χ1v) is 8.22. The fraction of sp³-hybridized carbons (Fsp3) is 0.588. The van der Waals surface area contributed by atoms with E-state index in [0.717, 1.165) is 32.2 Å². The number of hydrogen-bond donors (Lipinski definition) is 1. The molecule has 1 amide bonds. The molecule has 1 aromatic carbocycles. The SMILES string of the molecule is C[C@@]12CCN(C(=O)COc3ccccc3Cl)[C@@H]1CC[C@@H](O)C2. The highest BCUT2D eigenvalue weighted by molar-refractivity contribution is 6.32. The standard InChI is InChI=1S/C17H22ClNO3/c1-17-8-9-19(15(17)7-6-12(20)10-17)16(21)11-22-14-5-3-2-4-13(14)18/h2-5,12,15,20H,6-11H2,1H3/t12-,15-,17+/m1/s1. The minimum atomic E-state index is -0.226. The van der Waals surface area contributed by atoms with Crippen LogP contribution in [0.1, 0.15) is 32.6 Å². The minimum absolute atomic E-state index is 0.00466. The van der Waals surface area contributed by atoms with Crippen LogP contribution in [0.4, 0.5) is 0 Å². The predicted molar refractivity (Wildman–Crippen MR) is 85.0 cm³/mol. The van der Waals surface area contributed by atoms with Gasteiger partial charge in [-0.3, -0.25) is 4.79 Å². The van der Waals surface area contributed by atoms with E-state index in [1.807, 2.05) is 17.0 Å². The second-order valence-electron chi connectivity index (χ2n) is 6.66. The first-order chi connectivity index (χ1) is 10.5. The van der Waals surface area contributed by atoms with Crippen molar-refractivity contribution in [2.45, 2.75) is 44.8 Å². The lowest BCUT2D eigenvalue weighted by Gasteiger charge is -2.41. The molecule has 1 aliphatic carbocycles. The molecule has 1 aliphatic heterocycles. The molecule has 1 aromatic rings. The summed E-state index contributed by atoms with van der Waals surface area (Å²) in [4.78, 5) is 14.4. The molecular formula is C17H22ClNO3. The lowest BCUT2D eigenvalue weighted by Crippen LogP contribution is -2.47. The van der Waals surface area contributed by atoms with Crippen LogP contribution in [0, 0.1) is 5.41 Å². The maximum absolute atomic E-state index is 12.5. The molecule has 1 saturated carbocycles. The van der Waals surface area contributed by atoms with E-state index in [1.54, 1.807) is 12.1 Å². The summed E-state index contributed by atoms with van der Waals surface area (Å²) in [5.41, 5.74) is 0.0394. The Morgan fingerprint density at radius 1 is 1.45 bits per heavy atom. The van der Waals surface area contributed by atoms with Crippen molar-refractivity contribution >= 4 is 17.5 Å². The highest BCUT2D eigenvalue weighted by Crippen LogP contribution is 2.46. The summed E-state index contributed by atoms with van der Waals surface area (Å²) < 4.78 is 5.57. The average Bonchev–Trinajstić information content (AvgIpc) is 2.82. The van der Waals surface area contributed by atoms with E-state index in [4.69, 9.17) is 16.3 Å². The monoisotopic (exact) mass is 323 g/mol. The summed E-state index contributed by atoms with van der Waals surface area (Å²) in [6, 6.07) is 7.40. The Bertz CT molecular complexity index is 565. The number of hydrogen-bond acceptors (Lipinski definition) is 3. The smallest absolute Gasteiger partial charge is 0.260 e. The molecule has 0 aromatic heterocycles. The number of ether oxygens (including phenoxy) is 1. The Morgan fingerprint density at radius 2 is 2.23 bits per heavy atom. The van der Waals surface area contributed by atoms with Crippen LogP contribution < -0.4 is 4.74 Å². The molecule has 2 aliphatic rings. The van der Waals surface area contributed by atoms with E-state index in [-0.39, 0.29) is 30.1 Å². The van der Waals surface area contributed by atoms with E-state index in [0.29, 0.717) is 10.8 Å². The van der Waals surface area contributed by atoms with E-state index in [9.17, 15) is 9.90 Å². The van der Waals surface area contributed by atoms with Gasteiger partial charge in [0, 0.05) is 12.6 Å². The topological polar surface area (TPSA) is 49.8 Å². The van der Waals surface area contributed by atoms with Crippen LogP contribution in [-0.4, -0.2) is 41.2 Å². The number of likely N-dealkylation sites (tertiary alicyclic amines) is 1. The van der Waals surface area contributed by atoms with Crippen molar-refractivity contribution in [2.75, 3.05) is 13.2 Å². The molecule has 1 N–H and O–H groups in total. The van der Waals surface area contributed by atoms with Gasteiger partial charge in [0.25, 0.3) is 5.91 Å². The van der Waals surface area contributed by atoms with Gasteiger partial charge in [-0.05, 0) is 43.2 Å². The third kappa shape index (κ3) is 2.95. The van der Waals surface area contributed by atoms with Crippen molar-refractivity contribution in [3.8, 4) is 5.75 Å². The number of aliphatic hydroxyl groups excluding tert-OH is 1. The molecule has 5 heteroatoms. The summed E-state index contributed by atoms with van der Waals surface area (Å²) in [5, 5.41) is 10.4. The number of benzene rings is 1. The van der Waals surface area contributed by atoms with Crippen molar-refractivity contribution in [1.82, 2.24) is 4.90 Å². The maximum atomic E-state index is 12.5. The number of carbonyl (C=O) groups excluding carboxylic acids is 1. The van der Waals surface area contributed by atoms with Crippen molar-refractivity contribution in [3.63, 3.8) is 0 Å². The first-order valence-electron chi connectivity index (χ1n) is 7.84. The Hall–Kier alpha value is -1.26. The average molecular weight is 324 g/mol. The van der Waals surface area contributed by atoms with Crippen LogP contribution in [0.3, 0.4) is 0 Å². The normalized spacial score (nSPS) is 31.0. The molecule has 22 heavy (non-hydrogen) atoms. The molecule has 3 atom stereocenters. The predicted octanol–water partition coefficient (Wildman–Crippen LogP) is 2.87. The van der Waals surface area contributed by atoms with Crippen LogP contribution in [0.5, 0.6) is 5.75 Å². The van der Waals surface area contributed by atoms with Crippen molar-refractivity contribution < 1.29 is 14.6 Å². The summed E-state index contributed by atoms with van der Waals surface area (Å²) in [5.74, 6) is 0.545. The molecular weight excluding hydrogens is 302 g/mol. The number of carbonyl (C=O) groups is 1. The van der Waals surface area contributed by atoms with Crippen LogP contribution in [0.2, 0.25) is 5.02 Å². The van der Waals surface area contributed by atoms with Gasteiger partial charge in [0.2, 0.25) is 0 Å². The van der Waals surface area contributed by atoms with E-state index in [2.05, 4.69) is 6.92 Å². The van der Waals surface area contributed by atoms with Gasteiger partial charge in [-0.25, -0.2) is 0 Å². The maximum Gasteiger partial charge on any atom is 0.260 e. The number of rotatable bonds is 3. The number of amides is 1. The molecule has 0 bridgehead atoms. The molecule has 2 fully saturated rings. The van der Waals surface area contributed by atoms with Crippen LogP contribution in [0.25, 0.3) is 0 Å². The fourth-order valence-corrected chi connectivity index (χ4v) is 4.08. The third-order valence-corrected chi connectivity index (χ3v) is 5.40. The molecule has 3 rings (SSSR count). The lowest BCUT2D eigenvalue weighted by molar-refractivity contribution is -0.136. The van der Waals surface area contributed by atoms with Crippen molar-refractivity contribution in [1.29, 1.82) is 0 Å². The second kappa shape index (κ2) is 6.09. The molecule has 4 nitrogen and oxygen atoms in total. The Balaban J connectivity index is 1.63. The number of halogens is 1. The number of aliphatic hydroxyl groups is 1. The van der Waals surface area contributed by atoms with Gasteiger partial charge in [-0.1, -0.05) is 30.7 Å². The van der Waals surface area contributed by atoms with Crippen LogP contribution >= 0.6 is 11.6 Å². The van der Waals surface area contributed by atoms with Crippen molar-refractivity contribution in [2.24, 2.45) is 5.41 Å². The zero-order valence-corrected chi connectivity index (χ0v) is 13.6. The van der Waals surface area contributed by atoms with Crippen molar-refractivity contribution in [3.05, 3.63) is 29.3 Å². The summed E-state index contributed by atoms with van der Waals surface area (Å²) in [6.07, 6.45) is 3.15. The number of fused-ring (bicyclic) bond motifs is 1. The largest absolute Gasteiger partial charge is 0.482 e. The minimum Gasteiger partial charge on any atom is -0.482 e. The molecule has 0 spiro atoms. The Morgan fingerprint density at radius 3 is 3.00 bits per heavy atom. The lowest BCUT2D eigenvalue weighted by atomic mass is 9.71. The van der Waals surface area contributed by atoms with Crippen LogP contribution in [-0.2, 0) is 4.79 Å². The van der Waals surface area contributed by atoms with Gasteiger partial charge >= 0.3 is 0 Å². The highest BCUT2D eigenvalue weighted by atomic mass is 35.5. The van der Waals surface area contributed by atoms with Gasteiger partial charge in [-0.15, -0.1) is 0 Å². The number of nitrogens with zero attached hydrogens (tertiary/aromatic N) is 1. The van der Waals surface area contributed by atoms with E-state index in [1.165, 1.54) is 0 Å². The fourth-order valence-electron chi connectivity index (χ4n) is 3.89. The Labute approximate surface area is 136 Å². The molecule has 1 heterocycles. The quantitative estimate of drug-likeness (QED) is 0.930.